The lowest BCUT2D eigenvalue weighted by molar-refractivity contribution is 0.0631. The van der Waals surface area contributed by atoms with Gasteiger partial charge in [0.25, 0.3) is 0 Å². The molecular formula is C24H24O. The van der Waals surface area contributed by atoms with Gasteiger partial charge in [-0.15, -0.1) is 0 Å². The first-order chi connectivity index (χ1) is 12.0. The van der Waals surface area contributed by atoms with Crippen molar-refractivity contribution in [3.8, 4) is 0 Å². The third-order valence-electron chi connectivity index (χ3n) is 5.23. The largest absolute Gasteiger partial charge is 0.388 e. The number of rotatable bonds is 2. The fraction of sp³-hybridized carbons (Fsp3) is 0.250. The van der Waals surface area contributed by atoms with Gasteiger partial charge in [-0.3, -0.25) is 0 Å². The zero-order valence-corrected chi connectivity index (χ0v) is 15.0. The second-order valence-electron chi connectivity index (χ2n) is 8.02. The summed E-state index contributed by atoms with van der Waals surface area (Å²) in [5.74, 6) is 0.202. The van der Waals surface area contributed by atoms with Crippen LogP contribution in [0.25, 0.3) is 16.8 Å². The molecule has 25 heavy (non-hydrogen) atoms. The maximum absolute atomic E-state index is 11.2. The van der Waals surface area contributed by atoms with E-state index >= 15 is 0 Å². The Bertz CT molecular complexity index is 959. The molecule has 2 atom stereocenters. The molecule has 0 spiro atoms. The molecule has 0 radical (unpaired) electrons. The number of aliphatic hydroxyl groups is 1. The van der Waals surface area contributed by atoms with Crippen molar-refractivity contribution in [2.75, 3.05) is 0 Å². The zero-order chi connectivity index (χ0) is 17.6. The minimum absolute atomic E-state index is 0.202. The van der Waals surface area contributed by atoms with Gasteiger partial charge in [-0.1, -0.05) is 93.6 Å². The predicted molar refractivity (Wildman–Crippen MR) is 106 cm³/mol. The van der Waals surface area contributed by atoms with Crippen molar-refractivity contribution in [1.82, 2.24) is 0 Å². The van der Waals surface area contributed by atoms with Crippen LogP contribution in [0.2, 0.25) is 0 Å². The molecule has 1 aliphatic rings. The zero-order valence-electron chi connectivity index (χ0n) is 15.0. The smallest absolute Gasteiger partial charge is 0.0847 e. The van der Waals surface area contributed by atoms with Crippen molar-refractivity contribution < 1.29 is 5.11 Å². The molecule has 1 nitrogen and oxygen atoms in total. The average molecular weight is 328 g/mol. The summed E-state index contributed by atoms with van der Waals surface area (Å²) in [6.45, 7) is 6.30. The molecule has 0 saturated heterocycles. The average Bonchev–Trinajstić information content (AvgIpc) is 3.03. The summed E-state index contributed by atoms with van der Waals surface area (Å²) in [4.78, 5) is 0. The van der Waals surface area contributed by atoms with Crippen molar-refractivity contribution in [3.05, 3.63) is 89.0 Å². The monoisotopic (exact) mass is 328 g/mol. The Balaban J connectivity index is 1.98. The van der Waals surface area contributed by atoms with E-state index in [1.807, 2.05) is 0 Å². The van der Waals surface area contributed by atoms with Crippen LogP contribution in [0.3, 0.4) is 0 Å². The first-order valence-corrected chi connectivity index (χ1v) is 8.93. The van der Waals surface area contributed by atoms with E-state index in [1.165, 1.54) is 22.1 Å². The first-order valence-electron chi connectivity index (χ1n) is 8.93. The van der Waals surface area contributed by atoms with E-state index in [1.54, 1.807) is 0 Å². The maximum atomic E-state index is 11.2. The van der Waals surface area contributed by atoms with Crippen molar-refractivity contribution >= 4 is 16.8 Å². The topological polar surface area (TPSA) is 20.2 Å². The Morgan fingerprint density at radius 3 is 2.36 bits per heavy atom. The molecule has 0 fully saturated rings. The quantitative estimate of drug-likeness (QED) is 0.604. The van der Waals surface area contributed by atoms with Crippen LogP contribution in [-0.4, -0.2) is 5.11 Å². The highest BCUT2D eigenvalue weighted by Crippen LogP contribution is 2.44. The van der Waals surface area contributed by atoms with Gasteiger partial charge in [0.05, 0.1) is 6.10 Å². The number of hydrogen-bond acceptors (Lipinski definition) is 1. The van der Waals surface area contributed by atoms with Crippen LogP contribution in [0.15, 0.2) is 66.7 Å². The van der Waals surface area contributed by atoms with E-state index in [9.17, 15) is 5.11 Å². The SMILES string of the molecule is CC(C)(C)C(O)c1c(C2C=Cc3ccccc32)ccc2ccccc12. The fourth-order valence-electron chi connectivity index (χ4n) is 3.84. The minimum Gasteiger partial charge on any atom is -0.388 e. The summed E-state index contributed by atoms with van der Waals surface area (Å²) in [5, 5.41) is 13.6. The van der Waals surface area contributed by atoms with Crippen LogP contribution in [-0.2, 0) is 0 Å². The molecule has 2 unspecified atom stereocenters. The molecule has 3 aromatic rings. The van der Waals surface area contributed by atoms with Crippen LogP contribution in [0, 0.1) is 5.41 Å². The van der Waals surface area contributed by atoms with E-state index in [4.69, 9.17) is 0 Å². The van der Waals surface area contributed by atoms with Gasteiger partial charge >= 0.3 is 0 Å². The lowest BCUT2D eigenvalue weighted by Gasteiger charge is -2.30. The Hall–Kier alpha value is -2.38. The summed E-state index contributed by atoms with van der Waals surface area (Å²) < 4.78 is 0. The Morgan fingerprint density at radius 1 is 0.840 bits per heavy atom. The van der Waals surface area contributed by atoms with E-state index in [-0.39, 0.29) is 11.3 Å². The molecule has 1 N–H and O–H groups in total. The maximum Gasteiger partial charge on any atom is 0.0847 e. The van der Waals surface area contributed by atoms with Gasteiger partial charge < -0.3 is 5.11 Å². The fourth-order valence-corrected chi connectivity index (χ4v) is 3.84. The third-order valence-corrected chi connectivity index (χ3v) is 5.23. The summed E-state index contributed by atoms with van der Waals surface area (Å²) in [7, 11) is 0. The first kappa shape index (κ1) is 16.1. The van der Waals surface area contributed by atoms with Crippen molar-refractivity contribution in [3.63, 3.8) is 0 Å². The highest BCUT2D eigenvalue weighted by molar-refractivity contribution is 5.88. The molecular weight excluding hydrogens is 304 g/mol. The van der Waals surface area contributed by atoms with Crippen LogP contribution in [0.1, 0.15) is 55.0 Å². The summed E-state index contributed by atoms with van der Waals surface area (Å²) in [5.41, 5.74) is 4.65. The van der Waals surface area contributed by atoms with Gasteiger partial charge in [-0.2, -0.15) is 0 Å². The Labute approximate surface area is 149 Å². The van der Waals surface area contributed by atoms with E-state index < -0.39 is 6.10 Å². The highest BCUT2D eigenvalue weighted by atomic mass is 16.3. The van der Waals surface area contributed by atoms with Gasteiger partial charge in [0.2, 0.25) is 0 Å². The molecule has 0 amide bonds. The molecule has 0 saturated carbocycles. The Morgan fingerprint density at radius 2 is 1.56 bits per heavy atom. The van der Waals surface area contributed by atoms with Crippen LogP contribution in [0.4, 0.5) is 0 Å². The standard InChI is InChI=1S/C24H24O/c1-24(2,3)23(25)22-19-11-7-5-9-17(19)13-15-21(22)20-14-12-16-8-4-6-10-18(16)20/h4-15,20,23,25H,1-3H3. The second-order valence-corrected chi connectivity index (χ2v) is 8.02. The molecule has 0 aliphatic heterocycles. The normalized spacial score (nSPS) is 17.7. The summed E-state index contributed by atoms with van der Waals surface area (Å²) in [6.07, 6.45) is 3.94. The van der Waals surface area contributed by atoms with Gasteiger partial charge in [0.1, 0.15) is 0 Å². The molecule has 1 aliphatic carbocycles. The Kier molecular flexibility index (Phi) is 3.77. The molecule has 4 rings (SSSR count). The van der Waals surface area contributed by atoms with Crippen LogP contribution in [0.5, 0.6) is 0 Å². The van der Waals surface area contributed by atoms with Crippen LogP contribution >= 0.6 is 0 Å². The van der Waals surface area contributed by atoms with Gasteiger partial charge in [-0.05, 0) is 38.4 Å². The number of benzene rings is 3. The molecule has 1 heteroatoms. The predicted octanol–water partition coefficient (Wildman–Crippen LogP) is 6.08. The molecule has 126 valence electrons. The molecule has 0 bridgehead atoms. The molecule has 0 aromatic heterocycles. The van der Waals surface area contributed by atoms with Crippen molar-refractivity contribution in [1.29, 1.82) is 0 Å². The molecule has 0 heterocycles. The van der Waals surface area contributed by atoms with Gasteiger partial charge in [0, 0.05) is 5.92 Å². The van der Waals surface area contributed by atoms with E-state index in [0.29, 0.717) is 0 Å². The lowest BCUT2D eigenvalue weighted by Crippen LogP contribution is -2.20. The van der Waals surface area contributed by atoms with E-state index in [2.05, 4.69) is 93.6 Å². The lowest BCUT2D eigenvalue weighted by atomic mass is 9.77. The van der Waals surface area contributed by atoms with Crippen molar-refractivity contribution in [2.24, 2.45) is 5.41 Å². The minimum atomic E-state index is -0.519. The third kappa shape index (κ3) is 2.69. The number of allylic oxidation sites excluding steroid dienone is 1. The van der Waals surface area contributed by atoms with Gasteiger partial charge in [-0.25, -0.2) is 0 Å². The number of aliphatic hydroxyl groups excluding tert-OH is 1. The van der Waals surface area contributed by atoms with Crippen LogP contribution < -0.4 is 0 Å². The van der Waals surface area contributed by atoms with E-state index in [0.717, 1.165) is 10.9 Å². The van der Waals surface area contributed by atoms with Crippen molar-refractivity contribution in [2.45, 2.75) is 32.8 Å². The molecule has 3 aromatic carbocycles. The number of fused-ring (bicyclic) bond motifs is 2. The highest BCUT2D eigenvalue weighted by Gasteiger charge is 2.31. The van der Waals surface area contributed by atoms with Gasteiger partial charge in [0.15, 0.2) is 0 Å². The summed E-state index contributed by atoms with van der Waals surface area (Å²) >= 11 is 0. The number of hydrogen-bond donors (Lipinski definition) is 1. The summed E-state index contributed by atoms with van der Waals surface area (Å²) in [6, 6.07) is 21.3. The second kappa shape index (κ2) is 5.86.